The maximum atomic E-state index is 13.2. The Morgan fingerprint density at radius 3 is 2.15 bits per heavy atom. The molecule has 1 atom stereocenters. The van der Waals surface area contributed by atoms with Crippen LogP contribution in [0.1, 0.15) is 66.7 Å². The van der Waals surface area contributed by atoms with Gasteiger partial charge < -0.3 is 10.5 Å². The monoisotopic (exact) mass is 281 g/mol. The fourth-order valence-electron chi connectivity index (χ4n) is 4.21. The van der Waals surface area contributed by atoms with Gasteiger partial charge in [0.25, 0.3) is 0 Å². The van der Waals surface area contributed by atoms with Crippen LogP contribution in [-0.4, -0.2) is 23.5 Å². The summed E-state index contributed by atoms with van der Waals surface area (Å²) in [7, 11) is 0. The molecule has 3 heteroatoms. The van der Waals surface area contributed by atoms with E-state index in [4.69, 9.17) is 10.5 Å². The lowest BCUT2D eigenvalue weighted by Crippen LogP contribution is -2.48. The average molecular weight is 281 g/mol. The Kier molecular flexibility index (Phi) is 4.07. The van der Waals surface area contributed by atoms with Crippen molar-refractivity contribution >= 4 is 5.78 Å². The summed E-state index contributed by atoms with van der Waals surface area (Å²) in [5.41, 5.74) is 5.18. The van der Waals surface area contributed by atoms with Gasteiger partial charge in [-0.15, -0.1) is 0 Å². The van der Waals surface area contributed by atoms with Gasteiger partial charge in [-0.2, -0.15) is 0 Å². The lowest BCUT2D eigenvalue weighted by Gasteiger charge is -2.40. The van der Waals surface area contributed by atoms with E-state index >= 15 is 0 Å². The molecule has 1 unspecified atom stereocenters. The van der Waals surface area contributed by atoms with Crippen molar-refractivity contribution in [2.24, 2.45) is 23.0 Å². The Hall–Kier alpha value is -0.410. The molecular formula is C17H31NO2. The van der Waals surface area contributed by atoms with Crippen LogP contribution in [0.25, 0.3) is 0 Å². The van der Waals surface area contributed by atoms with Crippen molar-refractivity contribution in [3.63, 3.8) is 0 Å². The standard InChI is InChI=1S/C17H31NO2/c1-12-6-8-17(11-18,9-7-12)14(19)13-10-15(2,3)20-16(13,4)5/h12-13H,6-11,18H2,1-5H3. The van der Waals surface area contributed by atoms with Crippen molar-refractivity contribution in [1.29, 1.82) is 0 Å². The molecular weight excluding hydrogens is 250 g/mol. The highest BCUT2D eigenvalue weighted by Crippen LogP contribution is 2.48. The molecule has 0 aromatic rings. The minimum Gasteiger partial charge on any atom is -0.369 e. The lowest BCUT2D eigenvalue weighted by molar-refractivity contribution is -0.141. The van der Waals surface area contributed by atoms with Crippen LogP contribution in [0.2, 0.25) is 0 Å². The summed E-state index contributed by atoms with van der Waals surface area (Å²) < 4.78 is 6.11. The molecule has 20 heavy (non-hydrogen) atoms. The normalized spacial score (nSPS) is 39.7. The second-order valence-corrected chi connectivity index (χ2v) is 8.25. The number of Topliss-reactive ketones (excluding diaryl/α,β-unsaturated/α-hetero) is 1. The molecule has 2 N–H and O–H groups in total. The lowest BCUT2D eigenvalue weighted by atomic mass is 9.63. The maximum Gasteiger partial charge on any atom is 0.146 e. The van der Waals surface area contributed by atoms with Crippen LogP contribution in [0.3, 0.4) is 0 Å². The molecule has 0 bridgehead atoms. The number of carbonyl (C=O) groups is 1. The van der Waals surface area contributed by atoms with Gasteiger partial charge in [-0.25, -0.2) is 0 Å². The number of ketones is 1. The predicted octanol–water partition coefficient (Wildman–Crippen LogP) is 3.30. The number of hydrogen-bond acceptors (Lipinski definition) is 3. The fourth-order valence-corrected chi connectivity index (χ4v) is 4.21. The second kappa shape index (κ2) is 5.10. The van der Waals surface area contributed by atoms with Crippen LogP contribution in [0.15, 0.2) is 0 Å². The van der Waals surface area contributed by atoms with E-state index in [-0.39, 0.29) is 22.5 Å². The predicted molar refractivity (Wildman–Crippen MR) is 81.5 cm³/mol. The molecule has 0 aromatic carbocycles. The minimum absolute atomic E-state index is 0.0190. The fraction of sp³-hybridized carbons (Fsp3) is 0.941. The Labute approximate surface area is 123 Å². The zero-order valence-electron chi connectivity index (χ0n) is 13.8. The van der Waals surface area contributed by atoms with E-state index in [1.165, 1.54) is 0 Å². The average Bonchev–Trinajstić information content (AvgIpc) is 2.58. The summed E-state index contributed by atoms with van der Waals surface area (Å²) in [5.74, 6) is 1.07. The van der Waals surface area contributed by atoms with Crippen LogP contribution in [-0.2, 0) is 9.53 Å². The zero-order chi connectivity index (χ0) is 15.2. The first-order valence-electron chi connectivity index (χ1n) is 8.06. The summed E-state index contributed by atoms with van der Waals surface area (Å²) in [6.07, 6.45) is 4.98. The van der Waals surface area contributed by atoms with Crippen LogP contribution in [0, 0.1) is 17.3 Å². The molecule has 3 nitrogen and oxygen atoms in total. The summed E-state index contributed by atoms with van der Waals surface area (Å²) in [6, 6.07) is 0. The van der Waals surface area contributed by atoms with E-state index in [9.17, 15) is 4.79 Å². The molecule has 0 spiro atoms. The van der Waals surface area contributed by atoms with Crippen molar-refractivity contribution in [2.75, 3.05) is 6.54 Å². The molecule has 116 valence electrons. The molecule has 1 saturated carbocycles. The molecule has 2 aliphatic rings. The molecule has 0 amide bonds. The molecule has 1 aliphatic heterocycles. The quantitative estimate of drug-likeness (QED) is 0.863. The minimum atomic E-state index is -0.369. The highest BCUT2D eigenvalue weighted by molar-refractivity contribution is 5.88. The topological polar surface area (TPSA) is 52.3 Å². The van der Waals surface area contributed by atoms with Gasteiger partial charge in [-0.1, -0.05) is 6.92 Å². The third kappa shape index (κ3) is 2.80. The summed E-state index contributed by atoms with van der Waals surface area (Å²) in [6.45, 7) is 11.0. The third-order valence-corrected chi connectivity index (χ3v) is 5.54. The summed E-state index contributed by atoms with van der Waals surface area (Å²) >= 11 is 0. The largest absolute Gasteiger partial charge is 0.369 e. The second-order valence-electron chi connectivity index (χ2n) is 8.25. The van der Waals surface area contributed by atoms with Gasteiger partial charge in [-0.3, -0.25) is 4.79 Å². The molecule has 0 aromatic heterocycles. The molecule has 1 aliphatic carbocycles. The Morgan fingerprint density at radius 1 is 1.20 bits per heavy atom. The van der Waals surface area contributed by atoms with Crippen molar-refractivity contribution < 1.29 is 9.53 Å². The highest BCUT2D eigenvalue weighted by atomic mass is 16.5. The van der Waals surface area contributed by atoms with Crippen LogP contribution in [0.5, 0.6) is 0 Å². The van der Waals surface area contributed by atoms with E-state index in [0.717, 1.165) is 38.0 Å². The Morgan fingerprint density at radius 2 is 1.75 bits per heavy atom. The van der Waals surface area contributed by atoms with Crippen molar-refractivity contribution in [3.05, 3.63) is 0 Å². The molecule has 1 saturated heterocycles. The smallest absolute Gasteiger partial charge is 0.146 e. The number of hydrogen-bond donors (Lipinski definition) is 1. The van der Waals surface area contributed by atoms with Gasteiger partial charge in [0.1, 0.15) is 5.78 Å². The molecule has 2 fully saturated rings. The van der Waals surface area contributed by atoms with E-state index < -0.39 is 0 Å². The molecule has 1 heterocycles. The number of carbonyl (C=O) groups excluding carboxylic acids is 1. The van der Waals surface area contributed by atoms with Crippen molar-refractivity contribution in [1.82, 2.24) is 0 Å². The van der Waals surface area contributed by atoms with Crippen molar-refractivity contribution in [2.45, 2.75) is 77.9 Å². The van der Waals surface area contributed by atoms with Crippen LogP contribution >= 0.6 is 0 Å². The van der Waals surface area contributed by atoms with E-state index in [0.29, 0.717) is 12.3 Å². The molecule has 0 radical (unpaired) electrons. The van der Waals surface area contributed by atoms with Gasteiger partial charge in [0.15, 0.2) is 0 Å². The van der Waals surface area contributed by atoms with Gasteiger partial charge in [0, 0.05) is 17.9 Å². The van der Waals surface area contributed by atoms with E-state index in [2.05, 4.69) is 34.6 Å². The van der Waals surface area contributed by atoms with E-state index in [1.54, 1.807) is 0 Å². The highest BCUT2D eigenvalue weighted by Gasteiger charge is 2.54. The third-order valence-electron chi connectivity index (χ3n) is 5.54. The Bertz CT molecular complexity index is 378. The van der Waals surface area contributed by atoms with Gasteiger partial charge in [-0.05, 0) is 65.7 Å². The van der Waals surface area contributed by atoms with Crippen LogP contribution < -0.4 is 5.73 Å². The van der Waals surface area contributed by atoms with Crippen LogP contribution in [0.4, 0.5) is 0 Å². The first-order valence-corrected chi connectivity index (χ1v) is 8.06. The van der Waals surface area contributed by atoms with Gasteiger partial charge in [0.05, 0.1) is 11.2 Å². The maximum absolute atomic E-state index is 13.2. The van der Waals surface area contributed by atoms with Gasteiger partial charge >= 0.3 is 0 Å². The Balaban J connectivity index is 2.21. The van der Waals surface area contributed by atoms with Crippen molar-refractivity contribution in [3.8, 4) is 0 Å². The summed E-state index contributed by atoms with van der Waals surface area (Å²) in [5, 5.41) is 0. The number of nitrogens with two attached hydrogens (primary N) is 1. The first kappa shape index (κ1) is 16.0. The van der Waals surface area contributed by atoms with Gasteiger partial charge in [0.2, 0.25) is 0 Å². The summed E-state index contributed by atoms with van der Waals surface area (Å²) in [4.78, 5) is 13.2. The van der Waals surface area contributed by atoms with E-state index in [1.807, 2.05) is 0 Å². The zero-order valence-corrected chi connectivity index (χ0v) is 13.8. The SMILES string of the molecule is CC1CCC(CN)(C(=O)C2CC(C)(C)OC2(C)C)CC1. The number of ether oxygens (including phenoxy) is 1. The first-order chi connectivity index (χ1) is 9.12. The number of rotatable bonds is 3. The molecule has 2 rings (SSSR count).